The predicted molar refractivity (Wildman–Crippen MR) is 71.9 cm³/mol. The van der Waals surface area contributed by atoms with E-state index < -0.39 is 0 Å². The first-order valence-corrected chi connectivity index (χ1v) is 6.38. The van der Waals surface area contributed by atoms with E-state index in [0.29, 0.717) is 30.6 Å². The maximum atomic E-state index is 11.9. The highest BCUT2D eigenvalue weighted by molar-refractivity contribution is 5.97. The van der Waals surface area contributed by atoms with Crippen molar-refractivity contribution in [1.82, 2.24) is 20.5 Å². The van der Waals surface area contributed by atoms with Gasteiger partial charge in [0.15, 0.2) is 5.65 Å². The fourth-order valence-electron chi connectivity index (χ4n) is 1.80. The normalized spacial score (nSPS) is 12.6. The van der Waals surface area contributed by atoms with Crippen LogP contribution in [0.5, 0.6) is 0 Å². The van der Waals surface area contributed by atoms with E-state index in [1.807, 2.05) is 13.8 Å². The van der Waals surface area contributed by atoms with E-state index >= 15 is 0 Å². The zero-order chi connectivity index (χ0) is 13.8. The lowest BCUT2D eigenvalue weighted by molar-refractivity contribution is 0.0942. The highest BCUT2D eigenvalue weighted by atomic mass is 16.3. The largest absolute Gasteiger partial charge is 0.393 e. The van der Waals surface area contributed by atoms with Gasteiger partial charge in [-0.3, -0.25) is 9.89 Å². The Morgan fingerprint density at radius 3 is 3.11 bits per heavy atom. The topological polar surface area (TPSA) is 90.9 Å². The molecule has 0 aliphatic rings. The van der Waals surface area contributed by atoms with Crippen LogP contribution in [0.25, 0.3) is 11.0 Å². The number of aliphatic hydroxyl groups is 1. The summed E-state index contributed by atoms with van der Waals surface area (Å²) in [6.45, 7) is 4.25. The van der Waals surface area contributed by atoms with E-state index in [4.69, 9.17) is 0 Å². The molecular formula is C13H18N4O2. The van der Waals surface area contributed by atoms with Crippen molar-refractivity contribution in [3.05, 3.63) is 23.5 Å². The number of aliphatic hydroxyl groups excluding tert-OH is 1. The number of fused-ring (bicyclic) bond motifs is 1. The minimum Gasteiger partial charge on any atom is -0.393 e. The van der Waals surface area contributed by atoms with Gasteiger partial charge < -0.3 is 10.4 Å². The van der Waals surface area contributed by atoms with Crippen LogP contribution >= 0.6 is 0 Å². The number of aromatic nitrogens is 3. The molecule has 0 saturated heterocycles. The van der Waals surface area contributed by atoms with Gasteiger partial charge in [0.1, 0.15) is 0 Å². The number of nitrogens with zero attached hydrogens (tertiary/aromatic N) is 2. The first-order valence-electron chi connectivity index (χ1n) is 6.38. The monoisotopic (exact) mass is 262 g/mol. The van der Waals surface area contributed by atoms with Gasteiger partial charge in [0.2, 0.25) is 0 Å². The van der Waals surface area contributed by atoms with Crippen molar-refractivity contribution in [3.63, 3.8) is 0 Å². The lowest BCUT2D eigenvalue weighted by Crippen LogP contribution is -2.27. The summed E-state index contributed by atoms with van der Waals surface area (Å²) >= 11 is 0. The Labute approximate surface area is 111 Å². The first kappa shape index (κ1) is 13.5. The van der Waals surface area contributed by atoms with Crippen LogP contribution in [0, 0.1) is 6.92 Å². The molecule has 19 heavy (non-hydrogen) atoms. The number of carbonyl (C=O) groups excluding carboxylic acids is 1. The Kier molecular flexibility index (Phi) is 4.11. The second-order valence-corrected chi connectivity index (χ2v) is 4.55. The lowest BCUT2D eigenvalue weighted by atomic mass is 10.2. The van der Waals surface area contributed by atoms with Gasteiger partial charge in [-0.25, -0.2) is 4.98 Å². The molecule has 0 aliphatic heterocycles. The van der Waals surface area contributed by atoms with Gasteiger partial charge in [-0.15, -0.1) is 0 Å². The van der Waals surface area contributed by atoms with Crippen LogP contribution < -0.4 is 5.32 Å². The molecule has 3 N–H and O–H groups in total. The van der Waals surface area contributed by atoms with Crippen LogP contribution in [0.2, 0.25) is 0 Å². The molecule has 1 unspecified atom stereocenters. The molecule has 0 fully saturated rings. The summed E-state index contributed by atoms with van der Waals surface area (Å²) in [6, 6.07) is 1.77. The standard InChI is InChI=1S/C13H18N4O2/c1-3-10(18)4-5-14-13(19)9-6-11-8(2)16-17-12(11)15-7-9/h6-7,10,18H,3-5H2,1-2H3,(H,14,19)(H,15,16,17). The molecule has 0 spiro atoms. The smallest absolute Gasteiger partial charge is 0.252 e. The van der Waals surface area contributed by atoms with E-state index in [9.17, 15) is 9.90 Å². The van der Waals surface area contributed by atoms with Crippen molar-refractivity contribution >= 4 is 16.9 Å². The molecule has 2 heterocycles. The molecule has 1 atom stereocenters. The summed E-state index contributed by atoms with van der Waals surface area (Å²) in [6.07, 6.45) is 2.39. The minimum atomic E-state index is -0.364. The van der Waals surface area contributed by atoms with Crippen molar-refractivity contribution in [2.24, 2.45) is 0 Å². The van der Waals surface area contributed by atoms with E-state index in [1.54, 1.807) is 6.07 Å². The molecule has 0 bridgehead atoms. The highest BCUT2D eigenvalue weighted by Gasteiger charge is 2.10. The number of pyridine rings is 1. The number of H-pyrrole nitrogens is 1. The van der Waals surface area contributed by atoms with Crippen molar-refractivity contribution < 1.29 is 9.90 Å². The minimum absolute atomic E-state index is 0.182. The van der Waals surface area contributed by atoms with Crippen LogP contribution in [-0.2, 0) is 0 Å². The lowest BCUT2D eigenvalue weighted by Gasteiger charge is -2.08. The third kappa shape index (κ3) is 3.08. The van der Waals surface area contributed by atoms with Crippen LogP contribution in [-0.4, -0.2) is 38.8 Å². The number of carbonyl (C=O) groups is 1. The molecule has 0 aliphatic carbocycles. The van der Waals surface area contributed by atoms with Gasteiger partial charge in [-0.1, -0.05) is 6.92 Å². The molecule has 2 aromatic heterocycles. The van der Waals surface area contributed by atoms with Crippen molar-refractivity contribution in [2.75, 3.05) is 6.54 Å². The maximum Gasteiger partial charge on any atom is 0.252 e. The Hall–Kier alpha value is -1.95. The number of nitrogens with one attached hydrogen (secondary N) is 2. The average Bonchev–Trinajstić information content (AvgIpc) is 2.79. The van der Waals surface area contributed by atoms with Crippen molar-refractivity contribution in [2.45, 2.75) is 32.8 Å². The predicted octanol–water partition coefficient (Wildman–Crippen LogP) is 1.16. The molecule has 0 radical (unpaired) electrons. The van der Waals surface area contributed by atoms with E-state index in [0.717, 1.165) is 11.1 Å². The van der Waals surface area contributed by atoms with Gasteiger partial charge in [-0.05, 0) is 25.8 Å². The number of hydrogen-bond donors (Lipinski definition) is 3. The third-order valence-corrected chi connectivity index (χ3v) is 3.10. The molecule has 6 nitrogen and oxygen atoms in total. The summed E-state index contributed by atoms with van der Waals surface area (Å²) in [5, 5.41) is 19.9. The Balaban J connectivity index is 2.02. The summed E-state index contributed by atoms with van der Waals surface area (Å²) in [5.41, 5.74) is 2.00. The number of aryl methyl sites for hydroxylation is 1. The summed E-state index contributed by atoms with van der Waals surface area (Å²) in [7, 11) is 0. The fourth-order valence-corrected chi connectivity index (χ4v) is 1.80. The first-order chi connectivity index (χ1) is 9.11. The Morgan fingerprint density at radius 1 is 1.58 bits per heavy atom. The fraction of sp³-hybridized carbons (Fsp3) is 0.462. The molecule has 0 aromatic carbocycles. The summed E-state index contributed by atoms with van der Waals surface area (Å²) < 4.78 is 0. The average molecular weight is 262 g/mol. The van der Waals surface area contributed by atoms with Gasteiger partial charge in [0, 0.05) is 23.8 Å². The molecule has 2 rings (SSSR count). The van der Waals surface area contributed by atoms with Crippen molar-refractivity contribution in [1.29, 1.82) is 0 Å². The van der Waals surface area contributed by atoms with Crippen molar-refractivity contribution in [3.8, 4) is 0 Å². The number of rotatable bonds is 5. The maximum absolute atomic E-state index is 11.9. The third-order valence-electron chi connectivity index (χ3n) is 3.10. The molecule has 2 aromatic rings. The zero-order valence-corrected chi connectivity index (χ0v) is 11.1. The molecular weight excluding hydrogens is 244 g/mol. The van der Waals surface area contributed by atoms with Gasteiger partial charge in [-0.2, -0.15) is 5.10 Å². The quantitative estimate of drug-likeness (QED) is 0.754. The van der Waals surface area contributed by atoms with Crippen LogP contribution in [0.15, 0.2) is 12.3 Å². The SMILES string of the molecule is CCC(O)CCNC(=O)c1cnc2n[nH]c(C)c2c1. The number of hydrogen-bond acceptors (Lipinski definition) is 4. The second-order valence-electron chi connectivity index (χ2n) is 4.55. The van der Waals surface area contributed by atoms with E-state index in [1.165, 1.54) is 6.20 Å². The second kappa shape index (κ2) is 5.79. The van der Waals surface area contributed by atoms with Gasteiger partial charge in [0.05, 0.1) is 11.7 Å². The van der Waals surface area contributed by atoms with Crippen LogP contribution in [0.1, 0.15) is 35.8 Å². The number of amides is 1. The van der Waals surface area contributed by atoms with Gasteiger partial charge >= 0.3 is 0 Å². The summed E-state index contributed by atoms with van der Waals surface area (Å²) in [5.74, 6) is -0.182. The number of aromatic amines is 1. The Morgan fingerprint density at radius 2 is 2.37 bits per heavy atom. The molecule has 6 heteroatoms. The zero-order valence-electron chi connectivity index (χ0n) is 11.1. The molecule has 0 saturated carbocycles. The van der Waals surface area contributed by atoms with Crippen LogP contribution in [0.4, 0.5) is 0 Å². The molecule has 1 amide bonds. The van der Waals surface area contributed by atoms with Crippen LogP contribution in [0.3, 0.4) is 0 Å². The van der Waals surface area contributed by atoms with E-state index in [2.05, 4.69) is 20.5 Å². The van der Waals surface area contributed by atoms with Gasteiger partial charge in [0.25, 0.3) is 5.91 Å². The Bertz CT molecular complexity index is 579. The van der Waals surface area contributed by atoms with E-state index in [-0.39, 0.29) is 12.0 Å². The summed E-state index contributed by atoms with van der Waals surface area (Å²) in [4.78, 5) is 16.1. The molecule has 102 valence electrons. The highest BCUT2D eigenvalue weighted by Crippen LogP contribution is 2.14.